The van der Waals surface area contributed by atoms with Crippen molar-refractivity contribution in [3.63, 3.8) is 0 Å². The monoisotopic (exact) mass is 408 g/mol. The summed E-state index contributed by atoms with van der Waals surface area (Å²) in [4.78, 5) is 24.4. The SMILES string of the molecule is Cc1nn(C)c(C)c1-c1ccnc(N[C@@H](C)c2cc3cccc(Cl)c3[nH]c2=O)n1. The third-order valence-electron chi connectivity index (χ3n) is 5.09. The van der Waals surface area contributed by atoms with E-state index in [2.05, 4.69) is 25.4 Å². The van der Waals surface area contributed by atoms with E-state index in [0.717, 1.165) is 28.0 Å². The number of fused-ring (bicyclic) bond motifs is 1. The molecule has 0 fully saturated rings. The first kappa shape index (κ1) is 19.1. The number of benzene rings is 1. The van der Waals surface area contributed by atoms with Gasteiger partial charge in [-0.25, -0.2) is 9.97 Å². The van der Waals surface area contributed by atoms with Gasteiger partial charge in [0, 0.05) is 35.5 Å². The number of pyridine rings is 1. The van der Waals surface area contributed by atoms with Crippen molar-refractivity contribution in [1.29, 1.82) is 0 Å². The highest BCUT2D eigenvalue weighted by molar-refractivity contribution is 6.35. The van der Waals surface area contributed by atoms with E-state index < -0.39 is 0 Å². The molecule has 0 aliphatic heterocycles. The summed E-state index contributed by atoms with van der Waals surface area (Å²) in [5, 5.41) is 9.07. The first-order chi connectivity index (χ1) is 13.8. The van der Waals surface area contributed by atoms with Crippen molar-refractivity contribution in [2.45, 2.75) is 26.8 Å². The lowest BCUT2D eigenvalue weighted by Crippen LogP contribution is -2.20. The topological polar surface area (TPSA) is 88.5 Å². The molecule has 8 heteroatoms. The van der Waals surface area contributed by atoms with Crippen molar-refractivity contribution in [2.24, 2.45) is 7.05 Å². The van der Waals surface area contributed by atoms with Gasteiger partial charge >= 0.3 is 0 Å². The molecule has 4 rings (SSSR count). The van der Waals surface area contributed by atoms with Crippen molar-refractivity contribution in [3.05, 3.63) is 68.9 Å². The molecule has 0 bridgehead atoms. The summed E-state index contributed by atoms with van der Waals surface area (Å²) in [7, 11) is 1.91. The van der Waals surface area contributed by atoms with E-state index >= 15 is 0 Å². The number of hydrogen-bond acceptors (Lipinski definition) is 5. The van der Waals surface area contributed by atoms with Crippen LogP contribution in [0.4, 0.5) is 5.95 Å². The van der Waals surface area contributed by atoms with Crippen LogP contribution in [0.2, 0.25) is 5.02 Å². The highest BCUT2D eigenvalue weighted by atomic mass is 35.5. The zero-order chi connectivity index (χ0) is 20.7. The molecule has 1 aromatic carbocycles. The number of H-pyrrole nitrogens is 1. The van der Waals surface area contributed by atoms with Gasteiger partial charge in [-0.2, -0.15) is 5.10 Å². The van der Waals surface area contributed by atoms with Crippen LogP contribution in [0.5, 0.6) is 0 Å². The fraction of sp³-hybridized carbons (Fsp3) is 0.238. The lowest BCUT2D eigenvalue weighted by molar-refractivity contribution is 0.731. The first-order valence-electron chi connectivity index (χ1n) is 9.26. The van der Waals surface area contributed by atoms with E-state index in [9.17, 15) is 4.79 Å². The Labute approximate surface area is 172 Å². The third-order valence-corrected chi connectivity index (χ3v) is 5.41. The molecule has 0 saturated heterocycles. The third kappa shape index (κ3) is 3.49. The van der Waals surface area contributed by atoms with E-state index in [1.54, 1.807) is 12.3 Å². The molecule has 0 spiro atoms. The van der Waals surface area contributed by atoms with E-state index in [-0.39, 0.29) is 11.6 Å². The summed E-state index contributed by atoms with van der Waals surface area (Å²) < 4.78 is 1.84. The van der Waals surface area contributed by atoms with Crippen molar-refractivity contribution >= 4 is 28.5 Å². The highest BCUT2D eigenvalue weighted by Crippen LogP contribution is 2.26. The van der Waals surface area contributed by atoms with E-state index in [0.29, 0.717) is 22.1 Å². The van der Waals surface area contributed by atoms with Gasteiger partial charge in [-0.15, -0.1) is 0 Å². The molecule has 3 aromatic heterocycles. The number of aromatic amines is 1. The number of rotatable bonds is 4. The Kier molecular flexibility index (Phi) is 4.84. The number of para-hydroxylation sites is 1. The van der Waals surface area contributed by atoms with Gasteiger partial charge in [-0.3, -0.25) is 9.48 Å². The fourth-order valence-electron chi connectivity index (χ4n) is 3.52. The van der Waals surface area contributed by atoms with Crippen LogP contribution in [0.15, 0.2) is 41.3 Å². The van der Waals surface area contributed by atoms with Gasteiger partial charge in [0.25, 0.3) is 5.56 Å². The van der Waals surface area contributed by atoms with E-state index in [1.807, 2.05) is 56.8 Å². The Hall–Kier alpha value is -3.19. The minimum absolute atomic E-state index is 0.194. The molecule has 29 heavy (non-hydrogen) atoms. The Morgan fingerprint density at radius 1 is 1.24 bits per heavy atom. The van der Waals surface area contributed by atoms with Crippen LogP contribution in [0.1, 0.15) is 29.9 Å². The molecule has 0 saturated carbocycles. The number of halogens is 1. The summed E-state index contributed by atoms with van der Waals surface area (Å²) in [5.41, 5.74) is 4.74. The minimum Gasteiger partial charge on any atom is -0.347 e. The van der Waals surface area contributed by atoms with Gasteiger partial charge in [0.2, 0.25) is 5.95 Å². The molecule has 148 valence electrons. The Morgan fingerprint density at radius 3 is 2.76 bits per heavy atom. The lowest BCUT2D eigenvalue weighted by atomic mass is 10.1. The van der Waals surface area contributed by atoms with Gasteiger partial charge in [0.15, 0.2) is 0 Å². The number of aromatic nitrogens is 5. The first-order valence-corrected chi connectivity index (χ1v) is 9.64. The number of nitrogens with zero attached hydrogens (tertiary/aromatic N) is 4. The second-order valence-corrected chi connectivity index (χ2v) is 7.47. The quantitative estimate of drug-likeness (QED) is 0.529. The molecular weight excluding hydrogens is 388 g/mol. The van der Waals surface area contributed by atoms with Gasteiger partial charge in [-0.1, -0.05) is 23.7 Å². The predicted molar refractivity (Wildman–Crippen MR) is 115 cm³/mol. The molecule has 0 aliphatic rings. The second-order valence-electron chi connectivity index (χ2n) is 7.06. The maximum absolute atomic E-state index is 12.6. The molecular formula is C21H21ClN6O. The minimum atomic E-state index is -0.298. The summed E-state index contributed by atoms with van der Waals surface area (Å²) in [5.74, 6) is 0.447. The molecule has 0 amide bonds. The molecule has 0 unspecified atom stereocenters. The summed E-state index contributed by atoms with van der Waals surface area (Å²) >= 11 is 6.18. The standard InChI is InChI=1S/C21H21ClN6O/c1-11(15-10-14-6-5-7-16(22)19(14)26-20(15)29)24-21-23-9-8-17(25-21)18-12(2)27-28(4)13(18)3/h5-11H,1-4H3,(H,26,29)(H,23,24,25)/t11-/m0/s1. The van der Waals surface area contributed by atoms with Crippen LogP contribution >= 0.6 is 11.6 Å². The van der Waals surface area contributed by atoms with Crippen molar-refractivity contribution in [1.82, 2.24) is 24.7 Å². The van der Waals surface area contributed by atoms with E-state index in [1.165, 1.54) is 0 Å². The molecule has 0 aliphatic carbocycles. The number of hydrogen-bond donors (Lipinski definition) is 2. The van der Waals surface area contributed by atoms with Crippen molar-refractivity contribution in [2.75, 3.05) is 5.32 Å². The molecule has 2 N–H and O–H groups in total. The van der Waals surface area contributed by atoms with Crippen LogP contribution in [0.25, 0.3) is 22.2 Å². The average molecular weight is 409 g/mol. The van der Waals surface area contributed by atoms with Crippen LogP contribution in [-0.2, 0) is 7.05 Å². The number of anilines is 1. The Bertz CT molecular complexity index is 1280. The summed E-state index contributed by atoms with van der Waals surface area (Å²) in [6.45, 7) is 5.87. The summed E-state index contributed by atoms with van der Waals surface area (Å²) in [6.07, 6.45) is 1.70. The molecule has 7 nitrogen and oxygen atoms in total. The number of nitrogens with one attached hydrogen (secondary N) is 2. The smallest absolute Gasteiger partial charge is 0.253 e. The second kappa shape index (κ2) is 7.33. The van der Waals surface area contributed by atoms with Crippen LogP contribution in [0, 0.1) is 13.8 Å². The lowest BCUT2D eigenvalue weighted by Gasteiger charge is -2.15. The summed E-state index contributed by atoms with van der Waals surface area (Å²) in [6, 6.07) is 8.93. The number of aryl methyl sites for hydroxylation is 2. The van der Waals surface area contributed by atoms with Gasteiger partial charge in [-0.05, 0) is 39.0 Å². The van der Waals surface area contributed by atoms with Crippen LogP contribution in [-0.4, -0.2) is 24.7 Å². The molecule has 3 heterocycles. The molecule has 1 atom stereocenters. The Balaban J connectivity index is 1.67. The largest absolute Gasteiger partial charge is 0.347 e. The van der Waals surface area contributed by atoms with Gasteiger partial charge in [0.1, 0.15) is 0 Å². The zero-order valence-electron chi connectivity index (χ0n) is 16.6. The normalized spacial score (nSPS) is 12.3. The van der Waals surface area contributed by atoms with Crippen molar-refractivity contribution in [3.8, 4) is 11.3 Å². The van der Waals surface area contributed by atoms with Crippen LogP contribution in [0.3, 0.4) is 0 Å². The van der Waals surface area contributed by atoms with Crippen LogP contribution < -0.4 is 10.9 Å². The highest BCUT2D eigenvalue weighted by Gasteiger charge is 2.16. The Morgan fingerprint density at radius 2 is 2.03 bits per heavy atom. The average Bonchev–Trinajstić information content (AvgIpc) is 2.94. The van der Waals surface area contributed by atoms with Gasteiger partial charge in [0.05, 0.1) is 28.0 Å². The maximum atomic E-state index is 12.6. The zero-order valence-corrected chi connectivity index (χ0v) is 17.4. The van der Waals surface area contributed by atoms with Gasteiger partial charge < -0.3 is 10.3 Å². The molecule has 0 radical (unpaired) electrons. The predicted octanol–water partition coefficient (Wildman–Crippen LogP) is 4.16. The van der Waals surface area contributed by atoms with E-state index in [4.69, 9.17) is 11.6 Å². The fourth-order valence-corrected chi connectivity index (χ4v) is 3.75. The maximum Gasteiger partial charge on any atom is 0.253 e. The molecule has 4 aromatic rings. The van der Waals surface area contributed by atoms with Crippen molar-refractivity contribution < 1.29 is 0 Å².